The van der Waals surface area contributed by atoms with Gasteiger partial charge in [0.25, 0.3) is 0 Å². The molecule has 1 fully saturated rings. The van der Waals surface area contributed by atoms with Crippen molar-refractivity contribution in [2.75, 3.05) is 12.5 Å². The van der Waals surface area contributed by atoms with Crippen LogP contribution in [0.5, 0.6) is 0 Å². The van der Waals surface area contributed by atoms with Crippen molar-refractivity contribution in [2.24, 2.45) is 0 Å². The van der Waals surface area contributed by atoms with Crippen LogP contribution in [0.4, 0.5) is 0 Å². The molecule has 21 heavy (non-hydrogen) atoms. The highest BCUT2D eigenvalue weighted by atomic mass is 35.5. The fourth-order valence-corrected chi connectivity index (χ4v) is 2.86. The number of halogens is 1. The highest BCUT2D eigenvalue weighted by molar-refractivity contribution is 6.18. The van der Waals surface area contributed by atoms with E-state index < -0.39 is 0 Å². The molecular formula is C17H24ClNO2. The Balaban J connectivity index is 1.71. The first-order chi connectivity index (χ1) is 10.3. The molecule has 2 rings (SSSR count). The Kier molecular flexibility index (Phi) is 7.04. The maximum atomic E-state index is 12.0. The van der Waals surface area contributed by atoms with Gasteiger partial charge in [-0.2, -0.15) is 0 Å². The Labute approximate surface area is 132 Å². The average molecular weight is 310 g/mol. The number of benzene rings is 1. The van der Waals surface area contributed by atoms with E-state index >= 15 is 0 Å². The molecule has 0 bridgehead atoms. The van der Waals surface area contributed by atoms with E-state index in [2.05, 4.69) is 17.4 Å². The smallest absolute Gasteiger partial charge is 0.220 e. The van der Waals surface area contributed by atoms with Crippen LogP contribution in [0, 0.1) is 0 Å². The van der Waals surface area contributed by atoms with Gasteiger partial charge < -0.3 is 10.1 Å². The molecule has 1 amide bonds. The van der Waals surface area contributed by atoms with E-state index in [4.69, 9.17) is 16.3 Å². The lowest BCUT2D eigenvalue weighted by Gasteiger charge is -2.23. The number of alkyl halides is 1. The predicted molar refractivity (Wildman–Crippen MR) is 85.6 cm³/mol. The maximum Gasteiger partial charge on any atom is 0.220 e. The van der Waals surface area contributed by atoms with Crippen molar-refractivity contribution in [3.8, 4) is 0 Å². The topological polar surface area (TPSA) is 38.3 Å². The minimum atomic E-state index is -0.00570. The fraction of sp³-hybridized carbons (Fsp3) is 0.588. The Bertz CT molecular complexity index is 418. The molecule has 2 unspecified atom stereocenters. The summed E-state index contributed by atoms with van der Waals surface area (Å²) >= 11 is 5.97. The SMILES string of the molecule is O=C(CCC1CCCCO1)NC(CCl)Cc1ccccc1. The van der Waals surface area contributed by atoms with Crippen LogP contribution in [-0.4, -0.2) is 30.5 Å². The fourth-order valence-electron chi connectivity index (χ4n) is 2.67. The zero-order chi connectivity index (χ0) is 14.9. The van der Waals surface area contributed by atoms with Crippen LogP contribution in [0.1, 0.15) is 37.7 Å². The standard InChI is InChI=1S/C17H24ClNO2/c18-13-15(12-14-6-2-1-3-7-14)19-17(20)10-9-16-8-4-5-11-21-16/h1-3,6-7,15-16H,4-5,8-13H2,(H,19,20). The summed E-state index contributed by atoms with van der Waals surface area (Å²) < 4.78 is 5.65. The van der Waals surface area contributed by atoms with Crippen LogP contribution in [0.2, 0.25) is 0 Å². The molecule has 0 aliphatic carbocycles. The lowest BCUT2D eigenvalue weighted by molar-refractivity contribution is -0.122. The van der Waals surface area contributed by atoms with Gasteiger partial charge in [0.05, 0.1) is 6.10 Å². The normalized spacial score (nSPS) is 20.0. The maximum absolute atomic E-state index is 12.0. The molecule has 1 heterocycles. The molecule has 1 aromatic carbocycles. The molecule has 1 saturated heterocycles. The number of carbonyl (C=O) groups excluding carboxylic acids is 1. The van der Waals surface area contributed by atoms with E-state index in [1.54, 1.807) is 0 Å². The zero-order valence-electron chi connectivity index (χ0n) is 12.4. The summed E-state index contributed by atoms with van der Waals surface area (Å²) in [5.41, 5.74) is 1.19. The first-order valence-electron chi connectivity index (χ1n) is 7.79. The van der Waals surface area contributed by atoms with Gasteiger partial charge in [0.15, 0.2) is 0 Å². The molecule has 0 spiro atoms. The third-order valence-corrected chi connectivity index (χ3v) is 4.22. The second-order valence-electron chi connectivity index (χ2n) is 5.64. The number of hydrogen-bond acceptors (Lipinski definition) is 2. The predicted octanol–water partition coefficient (Wildman–Crippen LogP) is 3.30. The van der Waals surface area contributed by atoms with E-state index in [1.165, 1.54) is 12.0 Å². The van der Waals surface area contributed by atoms with Gasteiger partial charge in [0.2, 0.25) is 5.91 Å². The zero-order valence-corrected chi connectivity index (χ0v) is 13.1. The molecule has 0 radical (unpaired) electrons. The van der Waals surface area contributed by atoms with Crippen molar-refractivity contribution in [1.82, 2.24) is 5.32 Å². The van der Waals surface area contributed by atoms with Gasteiger partial charge in [-0.25, -0.2) is 0 Å². The number of carbonyl (C=O) groups is 1. The van der Waals surface area contributed by atoms with E-state index in [0.717, 1.165) is 32.3 Å². The Morgan fingerprint density at radius 2 is 2.14 bits per heavy atom. The second kappa shape index (κ2) is 9.06. The van der Waals surface area contributed by atoms with Gasteiger partial charge in [-0.1, -0.05) is 30.3 Å². The molecule has 4 heteroatoms. The Morgan fingerprint density at radius 1 is 1.33 bits per heavy atom. The van der Waals surface area contributed by atoms with Gasteiger partial charge in [0, 0.05) is 24.9 Å². The summed E-state index contributed by atoms with van der Waals surface area (Å²) in [7, 11) is 0. The van der Waals surface area contributed by atoms with Crippen molar-refractivity contribution >= 4 is 17.5 Å². The van der Waals surface area contributed by atoms with Crippen molar-refractivity contribution in [3.05, 3.63) is 35.9 Å². The van der Waals surface area contributed by atoms with E-state index in [1.807, 2.05) is 18.2 Å². The summed E-state index contributed by atoms with van der Waals surface area (Å²) in [4.78, 5) is 12.0. The van der Waals surface area contributed by atoms with Gasteiger partial charge in [-0.15, -0.1) is 11.6 Å². The van der Waals surface area contributed by atoms with Gasteiger partial charge >= 0.3 is 0 Å². The first-order valence-corrected chi connectivity index (χ1v) is 8.32. The van der Waals surface area contributed by atoms with Crippen LogP contribution in [0.3, 0.4) is 0 Å². The summed E-state index contributed by atoms with van der Waals surface area (Å²) in [6, 6.07) is 10.1. The number of nitrogens with one attached hydrogen (secondary N) is 1. The van der Waals surface area contributed by atoms with Gasteiger partial charge in [0.1, 0.15) is 0 Å². The summed E-state index contributed by atoms with van der Waals surface area (Å²) in [5.74, 6) is 0.506. The molecule has 3 nitrogen and oxygen atoms in total. The van der Waals surface area contributed by atoms with Crippen LogP contribution < -0.4 is 5.32 Å². The average Bonchev–Trinajstić information content (AvgIpc) is 2.54. The van der Waals surface area contributed by atoms with Crippen LogP contribution in [0.25, 0.3) is 0 Å². The molecule has 0 saturated carbocycles. The summed E-state index contributed by atoms with van der Waals surface area (Å²) in [5, 5.41) is 3.03. The van der Waals surface area contributed by atoms with Crippen molar-refractivity contribution in [2.45, 2.75) is 50.7 Å². The Hall–Kier alpha value is -1.06. The van der Waals surface area contributed by atoms with Crippen molar-refractivity contribution < 1.29 is 9.53 Å². The highest BCUT2D eigenvalue weighted by Crippen LogP contribution is 2.17. The van der Waals surface area contributed by atoms with E-state index in [-0.39, 0.29) is 18.1 Å². The largest absolute Gasteiger partial charge is 0.378 e. The van der Waals surface area contributed by atoms with Crippen molar-refractivity contribution in [3.63, 3.8) is 0 Å². The molecule has 0 aromatic heterocycles. The molecule has 116 valence electrons. The molecular weight excluding hydrogens is 286 g/mol. The quantitative estimate of drug-likeness (QED) is 0.785. The lowest BCUT2D eigenvalue weighted by atomic mass is 10.0. The third-order valence-electron chi connectivity index (χ3n) is 3.84. The summed E-state index contributed by atoms with van der Waals surface area (Å²) in [6.45, 7) is 0.838. The van der Waals surface area contributed by atoms with Crippen LogP contribution in [0.15, 0.2) is 30.3 Å². The lowest BCUT2D eigenvalue weighted by Crippen LogP contribution is -2.38. The van der Waals surface area contributed by atoms with E-state index in [9.17, 15) is 4.79 Å². The first kappa shape index (κ1) is 16.3. The van der Waals surface area contributed by atoms with Crippen LogP contribution in [-0.2, 0) is 16.0 Å². The highest BCUT2D eigenvalue weighted by Gasteiger charge is 2.17. The van der Waals surface area contributed by atoms with E-state index in [0.29, 0.717) is 12.3 Å². The Morgan fingerprint density at radius 3 is 2.81 bits per heavy atom. The molecule has 1 aliphatic heterocycles. The van der Waals surface area contributed by atoms with Gasteiger partial charge in [-0.3, -0.25) is 4.79 Å². The molecule has 1 aliphatic rings. The van der Waals surface area contributed by atoms with Crippen molar-refractivity contribution in [1.29, 1.82) is 0 Å². The minimum absolute atomic E-state index is 0.00570. The second-order valence-corrected chi connectivity index (χ2v) is 5.94. The third kappa shape index (κ3) is 6.06. The molecule has 1 aromatic rings. The number of hydrogen-bond donors (Lipinski definition) is 1. The number of ether oxygens (including phenoxy) is 1. The van der Waals surface area contributed by atoms with Gasteiger partial charge in [-0.05, 0) is 37.7 Å². The monoisotopic (exact) mass is 309 g/mol. The minimum Gasteiger partial charge on any atom is -0.378 e. The number of amides is 1. The molecule has 1 N–H and O–H groups in total. The summed E-state index contributed by atoms with van der Waals surface area (Å²) in [6.07, 6.45) is 5.80. The number of rotatable bonds is 7. The molecule has 2 atom stereocenters. The van der Waals surface area contributed by atoms with Crippen LogP contribution >= 0.6 is 11.6 Å².